The molecule has 0 aliphatic carbocycles. The van der Waals surface area contributed by atoms with Crippen LogP contribution >= 0.6 is 0 Å². The van der Waals surface area contributed by atoms with E-state index in [1.54, 1.807) is 7.05 Å². The fraction of sp³-hybridized carbons (Fsp3) is 0.500. The Labute approximate surface area is 126 Å². The van der Waals surface area contributed by atoms with Crippen LogP contribution in [0.15, 0.2) is 24.3 Å². The summed E-state index contributed by atoms with van der Waals surface area (Å²) in [6.07, 6.45) is 0. The minimum atomic E-state index is -0.199. The summed E-state index contributed by atoms with van der Waals surface area (Å²) in [6, 6.07) is 8.43. The van der Waals surface area contributed by atoms with Crippen LogP contribution in [0.3, 0.4) is 0 Å². The van der Waals surface area contributed by atoms with Gasteiger partial charge in [0.1, 0.15) is 0 Å². The Kier molecular flexibility index (Phi) is 6.88. The minimum absolute atomic E-state index is 0.0201. The highest BCUT2D eigenvalue weighted by Gasteiger charge is 2.08. The molecule has 0 fully saturated rings. The normalized spacial score (nSPS) is 10.8. The van der Waals surface area contributed by atoms with Crippen LogP contribution in [0.4, 0.5) is 0 Å². The van der Waals surface area contributed by atoms with Gasteiger partial charge in [-0.2, -0.15) is 0 Å². The SMILES string of the molecule is CNC(=O)CNC(=O)CN(C)Cc1ccc(C(C)C)cc1. The number of likely N-dealkylation sites (N-methyl/N-ethyl adjacent to an activating group) is 2. The van der Waals surface area contributed by atoms with Crippen molar-refractivity contribution >= 4 is 11.8 Å². The molecule has 2 amide bonds. The predicted molar refractivity (Wildman–Crippen MR) is 83.9 cm³/mol. The van der Waals surface area contributed by atoms with Gasteiger partial charge in [-0.25, -0.2) is 0 Å². The summed E-state index contributed by atoms with van der Waals surface area (Å²) >= 11 is 0. The van der Waals surface area contributed by atoms with E-state index in [1.807, 2.05) is 11.9 Å². The molecule has 116 valence electrons. The summed E-state index contributed by atoms with van der Waals surface area (Å²) < 4.78 is 0. The molecule has 0 unspecified atom stereocenters. The van der Waals surface area contributed by atoms with Gasteiger partial charge in [-0.3, -0.25) is 14.5 Å². The Hall–Kier alpha value is -1.88. The molecule has 0 aromatic heterocycles. The maximum Gasteiger partial charge on any atom is 0.239 e. The van der Waals surface area contributed by atoms with Gasteiger partial charge < -0.3 is 10.6 Å². The van der Waals surface area contributed by atoms with Gasteiger partial charge in [0, 0.05) is 13.6 Å². The van der Waals surface area contributed by atoms with E-state index in [1.165, 1.54) is 11.1 Å². The van der Waals surface area contributed by atoms with E-state index in [-0.39, 0.29) is 24.9 Å². The molecule has 0 saturated carbocycles. The third kappa shape index (κ3) is 6.40. The van der Waals surface area contributed by atoms with E-state index in [2.05, 4.69) is 48.7 Å². The van der Waals surface area contributed by atoms with E-state index in [4.69, 9.17) is 0 Å². The predicted octanol–water partition coefficient (Wildman–Crippen LogP) is 1.10. The summed E-state index contributed by atoms with van der Waals surface area (Å²) in [5, 5.41) is 5.04. The van der Waals surface area contributed by atoms with Crippen LogP contribution in [0.2, 0.25) is 0 Å². The zero-order valence-electron chi connectivity index (χ0n) is 13.3. The zero-order chi connectivity index (χ0) is 15.8. The summed E-state index contributed by atoms with van der Waals surface area (Å²) in [5.74, 6) is 0.169. The second-order valence-corrected chi connectivity index (χ2v) is 5.52. The Bertz CT molecular complexity index is 469. The first-order chi connectivity index (χ1) is 9.92. The molecule has 0 radical (unpaired) electrons. The lowest BCUT2D eigenvalue weighted by Crippen LogP contribution is -2.40. The van der Waals surface area contributed by atoms with Crippen molar-refractivity contribution < 1.29 is 9.59 Å². The second kappa shape index (κ2) is 8.42. The Morgan fingerprint density at radius 3 is 2.29 bits per heavy atom. The molecule has 0 aliphatic rings. The first kappa shape index (κ1) is 17.2. The number of carbonyl (C=O) groups is 2. The van der Waals surface area contributed by atoms with Crippen LogP contribution in [0.5, 0.6) is 0 Å². The molecule has 0 spiro atoms. The third-order valence-corrected chi connectivity index (χ3v) is 3.24. The van der Waals surface area contributed by atoms with Crippen molar-refractivity contribution in [3.63, 3.8) is 0 Å². The summed E-state index contributed by atoms with van der Waals surface area (Å²) in [7, 11) is 3.43. The van der Waals surface area contributed by atoms with Crippen LogP contribution in [0.1, 0.15) is 30.9 Å². The van der Waals surface area contributed by atoms with Crippen LogP contribution < -0.4 is 10.6 Å². The van der Waals surface area contributed by atoms with Gasteiger partial charge in [0.05, 0.1) is 13.1 Å². The molecule has 0 atom stereocenters. The molecule has 1 rings (SSSR count). The van der Waals surface area contributed by atoms with Crippen LogP contribution in [0, 0.1) is 0 Å². The monoisotopic (exact) mass is 291 g/mol. The highest BCUT2D eigenvalue weighted by Crippen LogP contribution is 2.15. The number of rotatable bonds is 7. The lowest BCUT2D eigenvalue weighted by atomic mass is 10.0. The maximum absolute atomic E-state index is 11.7. The van der Waals surface area contributed by atoms with Crippen molar-refractivity contribution in [1.29, 1.82) is 0 Å². The van der Waals surface area contributed by atoms with E-state index in [9.17, 15) is 9.59 Å². The molecule has 0 heterocycles. The van der Waals surface area contributed by atoms with Crippen molar-refractivity contribution in [2.75, 3.05) is 27.2 Å². The smallest absolute Gasteiger partial charge is 0.239 e. The average Bonchev–Trinajstić information content (AvgIpc) is 2.45. The van der Waals surface area contributed by atoms with Crippen LogP contribution in [-0.2, 0) is 16.1 Å². The van der Waals surface area contributed by atoms with Gasteiger partial charge in [-0.05, 0) is 24.1 Å². The number of hydrogen-bond donors (Lipinski definition) is 2. The lowest BCUT2D eigenvalue weighted by Gasteiger charge is -2.16. The molecule has 0 saturated heterocycles. The Balaban J connectivity index is 2.40. The summed E-state index contributed by atoms with van der Waals surface area (Å²) in [5.41, 5.74) is 2.48. The fourth-order valence-corrected chi connectivity index (χ4v) is 1.94. The maximum atomic E-state index is 11.7. The number of carbonyl (C=O) groups excluding carboxylic acids is 2. The molecule has 0 bridgehead atoms. The second-order valence-electron chi connectivity index (χ2n) is 5.52. The first-order valence-electron chi connectivity index (χ1n) is 7.17. The van der Waals surface area contributed by atoms with E-state index in [0.717, 1.165) is 0 Å². The van der Waals surface area contributed by atoms with E-state index >= 15 is 0 Å². The summed E-state index contributed by atoms with van der Waals surface area (Å²) in [4.78, 5) is 24.6. The fourth-order valence-electron chi connectivity index (χ4n) is 1.94. The Morgan fingerprint density at radius 2 is 1.76 bits per heavy atom. The number of benzene rings is 1. The lowest BCUT2D eigenvalue weighted by molar-refractivity contribution is -0.126. The average molecular weight is 291 g/mol. The van der Waals surface area contributed by atoms with Gasteiger partial charge >= 0.3 is 0 Å². The zero-order valence-corrected chi connectivity index (χ0v) is 13.3. The molecule has 2 N–H and O–H groups in total. The standard InChI is InChI=1S/C16H25N3O2/c1-12(2)14-7-5-13(6-8-14)10-19(4)11-16(21)18-9-15(20)17-3/h5-8,12H,9-11H2,1-4H3,(H,17,20)(H,18,21). The van der Waals surface area contributed by atoms with Crippen molar-refractivity contribution in [1.82, 2.24) is 15.5 Å². The number of nitrogens with one attached hydrogen (secondary N) is 2. The largest absolute Gasteiger partial charge is 0.358 e. The molecule has 1 aromatic carbocycles. The van der Waals surface area contributed by atoms with Crippen molar-refractivity contribution in [2.45, 2.75) is 26.3 Å². The topological polar surface area (TPSA) is 61.4 Å². The molecular formula is C16H25N3O2. The molecule has 0 aliphatic heterocycles. The van der Waals surface area contributed by atoms with Crippen molar-refractivity contribution in [2.24, 2.45) is 0 Å². The van der Waals surface area contributed by atoms with Crippen molar-refractivity contribution in [3.8, 4) is 0 Å². The molecular weight excluding hydrogens is 266 g/mol. The van der Waals surface area contributed by atoms with E-state index in [0.29, 0.717) is 12.5 Å². The number of nitrogens with zero attached hydrogens (tertiary/aromatic N) is 1. The molecule has 5 heteroatoms. The Morgan fingerprint density at radius 1 is 1.14 bits per heavy atom. The minimum Gasteiger partial charge on any atom is -0.358 e. The number of amides is 2. The van der Waals surface area contributed by atoms with Gasteiger partial charge in [-0.15, -0.1) is 0 Å². The van der Waals surface area contributed by atoms with Gasteiger partial charge in [0.2, 0.25) is 11.8 Å². The molecule has 5 nitrogen and oxygen atoms in total. The highest BCUT2D eigenvalue weighted by molar-refractivity contribution is 5.85. The van der Waals surface area contributed by atoms with Gasteiger partial charge in [0.25, 0.3) is 0 Å². The van der Waals surface area contributed by atoms with Crippen LogP contribution in [0.25, 0.3) is 0 Å². The highest BCUT2D eigenvalue weighted by atomic mass is 16.2. The van der Waals surface area contributed by atoms with E-state index < -0.39 is 0 Å². The summed E-state index contributed by atoms with van der Waals surface area (Å²) in [6.45, 7) is 5.32. The molecule has 21 heavy (non-hydrogen) atoms. The quantitative estimate of drug-likeness (QED) is 0.791. The molecule has 1 aromatic rings. The third-order valence-electron chi connectivity index (χ3n) is 3.24. The van der Waals surface area contributed by atoms with Gasteiger partial charge in [-0.1, -0.05) is 38.1 Å². The number of hydrogen-bond acceptors (Lipinski definition) is 3. The van der Waals surface area contributed by atoms with Gasteiger partial charge in [0.15, 0.2) is 0 Å². The first-order valence-corrected chi connectivity index (χ1v) is 7.17. The van der Waals surface area contributed by atoms with Crippen LogP contribution in [-0.4, -0.2) is 43.9 Å². The van der Waals surface area contributed by atoms with Crippen molar-refractivity contribution in [3.05, 3.63) is 35.4 Å².